The van der Waals surface area contributed by atoms with Crippen LogP contribution in [0.4, 0.5) is 4.79 Å². The molecule has 1 rings (SSSR count). The minimum Gasteiger partial charge on any atom is -0.480 e. The topological polar surface area (TPSA) is 95.7 Å². The number of nitrogens with one attached hydrogen (secondary N) is 1. The van der Waals surface area contributed by atoms with Crippen LogP contribution in [0.2, 0.25) is 0 Å². The van der Waals surface area contributed by atoms with E-state index < -0.39 is 12.0 Å². The van der Waals surface area contributed by atoms with Crippen molar-refractivity contribution in [3.63, 3.8) is 0 Å². The number of rotatable bonds is 6. The van der Waals surface area contributed by atoms with Crippen LogP contribution in [-0.2, 0) is 11.3 Å². The molecule has 106 valence electrons. The summed E-state index contributed by atoms with van der Waals surface area (Å²) in [5, 5.41) is 15.2. The Kier molecular flexibility index (Phi) is 5.35. The van der Waals surface area contributed by atoms with Crippen LogP contribution >= 0.6 is 0 Å². The lowest BCUT2D eigenvalue weighted by molar-refractivity contribution is -0.138. The zero-order chi connectivity index (χ0) is 14.4. The molecule has 0 aliphatic carbocycles. The van der Waals surface area contributed by atoms with Crippen molar-refractivity contribution in [3.05, 3.63) is 17.5 Å². The summed E-state index contributed by atoms with van der Waals surface area (Å²) < 4.78 is 4.88. The molecule has 0 fully saturated rings. The monoisotopic (exact) mass is 269 g/mol. The van der Waals surface area contributed by atoms with E-state index in [9.17, 15) is 9.59 Å². The second-order valence-corrected chi connectivity index (χ2v) is 4.37. The van der Waals surface area contributed by atoms with Gasteiger partial charge in [-0.3, -0.25) is 4.79 Å². The molecular formula is C12H19N3O4. The number of carbonyl (C=O) groups is 2. The number of carbonyl (C=O) groups excluding carboxylic acids is 1. The van der Waals surface area contributed by atoms with Gasteiger partial charge in [-0.05, 0) is 20.3 Å². The van der Waals surface area contributed by atoms with Crippen molar-refractivity contribution in [3.8, 4) is 0 Å². The van der Waals surface area contributed by atoms with Crippen LogP contribution in [-0.4, -0.2) is 39.8 Å². The van der Waals surface area contributed by atoms with Gasteiger partial charge in [0.15, 0.2) is 0 Å². The Balaban J connectivity index is 2.58. The number of aliphatic carboxylic acids is 1. The lowest BCUT2D eigenvalue weighted by Gasteiger charge is -2.26. The van der Waals surface area contributed by atoms with Gasteiger partial charge in [0.25, 0.3) is 0 Å². The third kappa shape index (κ3) is 4.61. The third-order valence-corrected chi connectivity index (χ3v) is 2.79. The summed E-state index contributed by atoms with van der Waals surface area (Å²) >= 11 is 0. The van der Waals surface area contributed by atoms with Gasteiger partial charge >= 0.3 is 12.0 Å². The van der Waals surface area contributed by atoms with E-state index in [4.69, 9.17) is 9.63 Å². The molecule has 0 aromatic carbocycles. The molecule has 1 unspecified atom stereocenters. The first-order valence-electron chi connectivity index (χ1n) is 6.12. The minimum atomic E-state index is -1.03. The van der Waals surface area contributed by atoms with Crippen LogP contribution in [0, 0.1) is 6.92 Å². The summed E-state index contributed by atoms with van der Waals surface area (Å²) in [5.41, 5.74) is 0.602. The molecule has 0 spiro atoms. The number of aryl methyl sites for hydroxylation is 1. The van der Waals surface area contributed by atoms with Crippen molar-refractivity contribution in [1.82, 2.24) is 15.4 Å². The molecule has 2 amide bonds. The number of carboxylic acids is 1. The highest BCUT2D eigenvalue weighted by atomic mass is 16.5. The molecule has 0 saturated carbocycles. The van der Waals surface area contributed by atoms with Gasteiger partial charge in [-0.2, -0.15) is 0 Å². The number of aromatic nitrogens is 1. The summed E-state index contributed by atoms with van der Waals surface area (Å²) in [6.07, 6.45) is 0.684. The highest BCUT2D eigenvalue weighted by molar-refractivity contribution is 5.80. The Morgan fingerprint density at radius 3 is 2.74 bits per heavy atom. The number of hydrogen-bond acceptors (Lipinski definition) is 4. The molecule has 1 atom stereocenters. The van der Waals surface area contributed by atoms with E-state index in [1.54, 1.807) is 13.0 Å². The largest absolute Gasteiger partial charge is 0.480 e. The van der Waals surface area contributed by atoms with Crippen molar-refractivity contribution >= 4 is 12.0 Å². The first kappa shape index (κ1) is 15.0. The Labute approximate surface area is 111 Å². The molecule has 1 aromatic rings. The first-order chi connectivity index (χ1) is 8.93. The Morgan fingerprint density at radius 2 is 2.26 bits per heavy atom. The molecule has 2 N–H and O–H groups in total. The number of nitrogens with zero attached hydrogens (tertiary/aromatic N) is 2. The van der Waals surface area contributed by atoms with Gasteiger partial charge in [0.1, 0.15) is 18.0 Å². The predicted octanol–water partition coefficient (Wildman–Crippen LogP) is 1.38. The summed E-state index contributed by atoms with van der Waals surface area (Å²) in [4.78, 5) is 24.0. The highest BCUT2D eigenvalue weighted by Gasteiger charge is 2.21. The Morgan fingerprint density at radius 1 is 1.58 bits per heavy atom. The molecule has 1 heterocycles. The van der Waals surface area contributed by atoms with Gasteiger partial charge < -0.3 is 19.8 Å². The van der Waals surface area contributed by atoms with Crippen LogP contribution in [0.3, 0.4) is 0 Å². The predicted molar refractivity (Wildman–Crippen MR) is 67.6 cm³/mol. The number of urea groups is 1. The van der Waals surface area contributed by atoms with E-state index in [1.807, 2.05) is 13.8 Å². The van der Waals surface area contributed by atoms with E-state index in [-0.39, 0.29) is 19.1 Å². The molecule has 7 nitrogen and oxygen atoms in total. The zero-order valence-corrected chi connectivity index (χ0v) is 11.3. The van der Waals surface area contributed by atoms with Gasteiger partial charge in [0, 0.05) is 12.1 Å². The van der Waals surface area contributed by atoms with E-state index >= 15 is 0 Å². The van der Waals surface area contributed by atoms with Crippen LogP contribution < -0.4 is 5.32 Å². The molecule has 0 aliphatic rings. The SMILES string of the molecule is CCC(C)N(CC(=O)O)C(=O)NCc1cc(C)on1. The highest BCUT2D eigenvalue weighted by Crippen LogP contribution is 2.05. The smallest absolute Gasteiger partial charge is 0.323 e. The van der Waals surface area contributed by atoms with Crippen LogP contribution in [0.15, 0.2) is 10.6 Å². The lowest BCUT2D eigenvalue weighted by Crippen LogP contribution is -2.47. The molecule has 0 radical (unpaired) electrons. The Bertz CT molecular complexity index is 444. The maximum atomic E-state index is 12.0. The summed E-state index contributed by atoms with van der Waals surface area (Å²) in [7, 11) is 0. The molecule has 19 heavy (non-hydrogen) atoms. The maximum absolute atomic E-state index is 12.0. The first-order valence-corrected chi connectivity index (χ1v) is 6.12. The average Bonchev–Trinajstić information content (AvgIpc) is 2.77. The molecule has 0 bridgehead atoms. The van der Waals surface area contributed by atoms with E-state index in [1.165, 1.54) is 4.90 Å². The van der Waals surface area contributed by atoms with Gasteiger partial charge in [0.2, 0.25) is 0 Å². The maximum Gasteiger partial charge on any atom is 0.323 e. The van der Waals surface area contributed by atoms with E-state index in [0.717, 1.165) is 0 Å². The van der Waals surface area contributed by atoms with Crippen LogP contribution in [0.5, 0.6) is 0 Å². The molecule has 1 aromatic heterocycles. The van der Waals surface area contributed by atoms with Crippen LogP contribution in [0.1, 0.15) is 31.7 Å². The number of amides is 2. The fourth-order valence-electron chi connectivity index (χ4n) is 1.56. The molecular weight excluding hydrogens is 250 g/mol. The van der Waals surface area contributed by atoms with Gasteiger partial charge in [-0.25, -0.2) is 4.79 Å². The van der Waals surface area contributed by atoms with E-state index in [2.05, 4.69) is 10.5 Å². The third-order valence-electron chi connectivity index (χ3n) is 2.79. The van der Waals surface area contributed by atoms with E-state index in [0.29, 0.717) is 17.9 Å². The van der Waals surface area contributed by atoms with Crippen molar-refractivity contribution in [2.45, 2.75) is 39.8 Å². The van der Waals surface area contributed by atoms with Crippen LogP contribution in [0.25, 0.3) is 0 Å². The molecule has 0 saturated heterocycles. The summed E-state index contributed by atoms with van der Waals surface area (Å²) in [6, 6.07) is 1.15. The second kappa shape index (κ2) is 6.77. The van der Waals surface area contributed by atoms with Crippen molar-refractivity contribution in [2.24, 2.45) is 0 Å². The molecule has 0 aliphatic heterocycles. The fraction of sp³-hybridized carbons (Fsp3) is 0.583. The second-order valence-electron chi connectivity index (χ2n) is 4.37. The lowest BCUT2D eigenvalue weighted by atomic mass is 10.2. The average molecular weight is 269 g/mol. The quantitative estimate of drug-likeness (QED) is 0.813. The summed E-state index contributed by atoms with van der Waals surface area (Å²) in [5.74, 6) is -0.374. The molecule has 7 heteroatoms. The van der Waals surface area contributed by atoms with Crippen molar-refractivity contribution in [2.75, 3.05) is 6.54 Å². The van der Waals surface area contributed by atoms with Crippen molar-refractivity contribution < 1.29 is 19.2 Å². The fourth-order valence-corrected chi connectivity index (χ4v) is 1.56. The minimum absolute atomic E-state index is 0.143. The summed E-state index contributed by atoms with van der Waals surface area (Å²) in [6.45, 7) is 5.35. The normalized spacial score (nSPS) is 11.9. The van der Waals surface area contributed by atoms with Gasteiger partial charge in [0.05, 0.1) is 6.54 Å². The van der Waals surface area contributed by atoms with Crippen molar-refractivity contribution in [1.29, 1.82) is 0 Å². The number of carboxylic acid groups (broad SMARTS) is 1. The van der Waals surface area contributed by atoms with Gasteiger partial charge in [-0.1, -0.05) is 12.1 Å². The Hall–Kier alpha value is -2.05. The standard InChI is InChI=1S/C12H19N3O4/c1-4-8(2)15(7-11(16)17)12(18)13-6-10-5-9(3)19-14-10/h5,8H,4,6-7H2,1-3H3,(H,13,18)(H,16,17). The number of hydrogen-bond donors (Lipinski definition) is 2. The zero-order valence-electron chi connectivity index (χ0n) is 11.3. The van der Waals surface area contributed by atoms with Gasteiger partial charge in [-0.15, -0.1) is 0 Å².